The van der Waals surface area contributed by atoms with E-state index in [-0.39, 0.29) is 31.6 Å². The number of nitrogens with zero attached hydrogens (tertiary/aromatic N) is 1. The number of imide groups is 1. The summed E-state index contributed by atoms with van der Waals surface area (Å²) < 4.78 is 6.36. The first-order chi connectivity index (χ1) is 8.16. The van der Waals surface area contributed by atoms with Crippen molar-refractivity contribution in [3.63, 3.8) is 0 Å². The molecule has 3 amide bonds. The molecule has 1 aliphatic heterocycles. The number of ether oxygens (including phenoxy) is 1. The molecule has 1 fully saturated rings. The van der Waals surface area contributed by atoms with E-state index >= 15 is 0 Å². The van der Waals surface area contributed by atoms with Gasteiger partial charge in [0, 0.05) is 4.47 Å². The molecule has 1 aromatic carbocycles. The lowest BCUT2D eigenvalue weighted by molar-refractivity contribution is -0.125. The van der Waals surface area contributed by atoms with Crippen molar-refractivity contribution in [1.29, 1.82) is 0 Å². The molecule has 0 spiro atoms. The van der Waals surface area contributed by atoms with Gasteiger partial charge in [-0.2, -0.15) is 0 Å². The van der Waals surface area contributed by atoms with Crippen molar-refractivity contribution >= 4 is 27.9 Å². The summed E-state index contributed by atoms with van der Waals surface area (Å²) in [7, 11) is 0. The minimum absolute atomic E-state index is 0.0791. The van der Waals surface area contributed by atoms with E-state index in [1.54, 1.807) is 0 Å². The summed E-state index contributed by atoms with van der Waals surface area (Å²) >= 11 is 3.33. The summed E-state index contributed by atoms with van der Waals surface area (Å²) in [5.74, 6) is 0.485. The number of hydrogen-bond acceptors (Lipinski definition) is 3. The van der Waals surface area contributed by atoms with Crippen molar-refractivity contribution in [2.24, 2.45) is 0 Å². The molecule has 5 nitrogen and oxygen atoms in total. The summed E-state index contributed by atoms with van der Waals surface area (Å²) in [5, 5.41) is 2.45. The Labute approximate surface area is 107 Å². The van der Waals surface area contributed by atoms with E-state index in [0.29, 0.717) is 5.75 Å². The number of halogens is 1. The Morgan fingerprint density at radius 2 is 2.24 bits per heavy atom. The highest BCUT2D eigenvalue weighted by Gasteiger charge is 2.27. The molecule has 0 radical (unpaired) electrons. The van der Waals surface area contributed by atoms with Crippen molar-refractivity contribution in [2.45, 2.75) is 0 Å². The first-order valence-corrected chi connectivity index (χ1v) is 5.92. The van der Waals surface area contributed by atoms with Crippen LogP contribution >= 0.6 is 15.9 Å². The second-order valence-electron chi connectivity index (χ2n) is 3.51. The minimum Gasteiger partial charge on any atom is -0.492 e. The number of nitrogens with one attached hydrogen (secondary N) is 1. The zero-order valence-corrected chi connectivity index (χ0v) is 10.6. The summed E-state index contributed by atoms with van der Waals surface area (Å²) in [6, 6.07) is 7.03. The first kappa shape index (κ1) is 11.9. The third kappa shape index (κ3) is 2.97. The molecule has 2 rings (SSSR count). The van der Waals surface area contributed by atoms with Crippen LogP contribution < -0.4 is 10.1 Å². The molecule has 0 atom stereocenters. The number of carbonyl (C=O) groups is 2. The third-order valence-electron chi connectivity index (χ3n) is 2.32. The molecule has 1 aromatic rings. The predicted molar refractivity (Wildman–Crippen MR) is 64.7 cm³/mol. The molecule has 0 aliphatic carbocycles. The van der Waals surface area contributed by atoms with Crippen LogP contribution in [0.25, 0.3) is 0 Å². The van der Waals surface area contributed by atoms with Crippen LogP contribution in [0.1, 0.15) is 0 Å². The fourth-order valence-electron chi connectivity index (χ4n) is 1.49. The minimum atomic E-state index is -0.354. The highest BCUT2D eigenvalue weighted by Crippen LogP contribution is 2.17. The van der Waals surface area contributed by atoms with E-state index < -0.39 is 0 Å². The van der Waals surface area contributed by atoms with Gasteiger partial charge in [-0.1, -0.05) is 22.0 Å². The molecular weight excluding hydrogens is 288 g/mol. The number of hydrogen-bond donors (Lipinski definition) is 1. The zero-order chi connectivity index (χ0) is 12.3. The van der Waals surface area contributed by atoms with Crippen LogP contribution in [-0.4, -0.2) is 36.5 Å². The van der Waals surface area contributed by atoms with Gasteiger partial charge in [-0.25, -0.2) is 4.79 Å². The maximum Gasteiger partial charge on any atom is 0.324 e. The maximum absolute atomic E-state index is 11.3. The van der Waals surface area contributed by atoms with Gasteiger partial charge in [0.15, 0.2) is 0 Å². The number of carbonyl (C=O) groups excluding carboxylic acids is 2. The SMILES string of the molecule is O=C1CNC(=O)N1CCOc1cccc(Br)c1. The van der Waals surface area contributed by atoms with Gasteiger partial charge in [0.25, 0.3) is 0 Å². The van der Waals surface area contributed by atoms with Gasteiger partial charge in [-0.15, -0.1) is 0 Å². The smallest absolute Gasteiger partial charge is 0.324 e. The zero-order valence-electron chi connectivity index (χ0n) is 8.98. The molecule has 0 saturated carbocycles. The largest absolute Gasteiger partial charge is 0.492 e. The van der Waals surface area contributed by atoms with Gasteiger partial charge in [-0.3, -0.25) is 9.69 Å². The quantitative estimate of drug-likeness (QED) is 0.855. The molecule has 0 aromatic heterocycles. The average Bonchev–Trinajstić information content (AvgIpc) is 2.61. The van der Waals surface area contributed by atoms with Crippen LogP contribution in [0, 0.1) is 0 Å². The Hall–Kier alpha value is -1.56. The third-order valence-corrected chi connectivity index (χ3v) is 2.81. The van der Waals surface area contributed by atoms with E-state index in [2.05, 4.69) is 21.2 Å². The standard InChI is InChI=1S/C11H11BrN2O3/c12-8-2-1-3-9(6-8)17-5-4-14-10(15)7-13-11(14)16/h1-3,6H,4-5,7H2,(H,13,16). The summed E-state index contributed by atoms with van der Waals surface area (Å²) in [6.45, 7) is 0.627. The van der Waals surface area contributed by atoms with Crippen molar-refractivity contribution < 1.29 is 14.3 Å². The molecule has 1 heterocycles. The monoisotopic (exact) mass is 298 g/mol. The lowest BCUT2D eigenvalue weighted by Crippen LogP contribution is -2.34. The van der Waals surface area contributed by atoms with Crippen LogP contribution in [0.3, 0.4) is 0 Å². The molecule has 1 N–H and O–H groups in total. The van der Waals surface area contributed by atoms with E-state index in [9.17, 15) is 9.59 Å². The fourth-order valence-corrected chi connectivity index (χ4v) is 1.87. The Bertz CT molecular complexity index is 434. The second-order valence-corrected chi connectivity index (χ2v) is 4.43. The van der Waals surface area contributed by atoms with Crippen LogP contribution in [0.5, 0.6) is 5.75 Å². The molecule has 0 unspecified atom stereocenters. The first-order valence-electron chi connectivity index (χ1n) is 5.13. The molecule has 6 heteroatoms. The van der Waals surface area contributed by atoms with Crippen molar-refractivity contribution in [2.75, 3.05) is 19.7 Å². The molecule has 0 bridgehead atoms. The molecule has 1 aliphatic rings. The van der Waals surface area contributed by atoms with Crippen LogP contribution in [-0.2, 0) is 4.79 Å². The highest BCUT2D eigenvalue weighted by atomic mass is 79.9. The van der Waals surface area contributed by atoms with E-state index in [1.165, 1.54) is 0 Å². The molecule has 17 heavy (non-hydrogen) atoms. The van der Waals surface area contributed by atoms with Gasteiger partial charge in [0.1, 0.15) is 12.4 Å². The number of benzene rings is 1. The average molecular weight is 299 g/mol. The van der Waals surface area contributed by atoms with Gasteiger partial charge in [0.05, 0.1) is 13.1 Å². The van der Waals surface area contributed by atoms with Crippen molar-refractivity contribution in [3.05, 3.63) is 28.7 Å². The van der Waals surface area contributed by atoms with Crippen LogP contribution in [0.15, 0.2) is 28.7 Å². The second kappa shape index (κ2) is 5.18. The van der Waals surface area contributed by atoms with Crippen LogP contribution in [0.4, 0.5) is 4.79 Å². The molecule has 1 saturated heterocycles. The topological polar surface area (TPSA) is 58.6 Å². The number of amides is 3. The Balaban J connectivity index is 1.83. The summed E-state index contributed by atoms with van der Waals surface area (Å²) in [6.07, 6.45) is 0. The number of rotatable bonds is 4. The Kier molecular flexibility index (Phi) is 3.63. The Morgan fingerprint density at radius 3 is 2.88 bits per heavy atom. The predicted octanol–water partition coefficient (Wildman–Crippen LogP) is 1.38. The fraction of sp³-hybridized carbons (Fsp3) is 0.273. The van der Waals surface area contributed by atoms with E-state index in [0.717, 1.165) is 9.37 Å². The highest BCUT2D eigenvalue weighted by molar-refractivity contribution is 9.10. The van der Waals surface area contributed by atoms with Gasteiger partial charge in [0.2, 0.25) is 5.91 Å². The van der Waals surface area contributed by atoms with Gasteiger partial charge in [-0.05, 0) is 18.2 Å². The summed E-state index contributed by atoms with van der Waals surface area (Å²) in [4.78, 5) is 23.6. The van der Waals surface area contributed by atoms with E-state index in [4.69, 9.17) is 4.74 Å². The van der Waals surface area contributed by atoms with Crippen molar-refractivity contribution in [3.8, 4) is 5.75 Å². The van der Waals surface area contributed by atoms with Crippen molar-refractivity contribution in [1.82, 2.24) is 10.2 Å². The lowest BCUT2D eigenvalue weighted by Gasteiger charge is -2.13. The summed E-state index contributed by atoms with van der Waals surface area (Å²) in [5.41, 5.74) is 0. The Morgan fingerprint density at radius 1 is 1.41 bits per heavy atom. The van der Waals surface area contributed by atoms with Gasteiger partial charge < -0.3 is 10.1 Å². The number of urea groups is 1. The normalized spacial score (nSPS) is 15.0. The lowest BCUT2D eigenvalue weighted by atomic mass is 10.3. The van der Waals surface area contributed by atoms with Crippen LogP contribution in [0.2, 0.25) is 0 Å². The molecule has 90 valence electrons. The van der Waals surface area contributed by atoms with Gasteiger partial charge >= 0.3 is 6.03 Å². The molecular formula is C11H11BrN2O3. The maximum atomic E-state index is 11.3. The van der Waals surface area contributed by atoms with E-state index in [1.807, 2.05) is 24.3 Å².